The van der Waals surface area contributed by atoms with E-state index in [1.165, 1.54) is 0 Å². The molecule has 6 rings (SSSR count). The molecular formula is C24H26N6O2. The third kappa shape index (κ3) is 2.85. The van der Waals surface area contributed by atoms with Crippen molar-refractivity contribution in [3.63, 3.8) is 0 Å². The van der Waals surface area contributed by atoms with E-state index in [0.717, 1.165) is 41.5 Å². The lowest BCUT2D eigenvalue weighted by Crippen LogP contribution is -2.52. The summed E-state index contributed by atoms with van der Waals surface area (Å²) in [7, 11) is 0. The van der Waals surface area contributed by atoms with Crippen LogP contribution in [0.4, 0.5) is 5.82 Å². The molecule has 0 radical (unpaired) electrons. The van der Waals surface area contributed by atoms with Gasteiger partial charge in [0, 0.05) is 24.5 Å². The number of nitriles is 1. The highest BCUT2D eigenvalue weighted by molar-refractivity contribution is 5.82. The van der Waals surface area contributed by atoms with Gasteiger partial charge < -0.3 is 14.7 Å². The highest BCUT2D eigenvalue weighted by atomic mass is 16.5. The van der Waals surface area contributed by atoms with Crippen LogP contribution < -0.4 is 4.90 Å². The molecule has 1 unspecified atom stereocenters. The quantitative estimate of drug-likeness (QED) is 0.679. The van der Waals surface area contributed by atoms with Gasteiger partial charge in [0.15, 0.2) is 5.82 Å². The molecule has 1 aromatic carbocycles. The zero-order chi connectivity index (χ0) is 22.1. The SMILES string of the molecule is CC(C)(O)C1CN(c2cc(-n3ncc4ccc([C@]5(C#N)CC56CC6)cc43)ncn2)CCO1. The molecule has 2 aliphatic carbocycles. The second-order valence-electron chi connectivity index (χ2n) is 10.00. The van der Waals surface area contributed by atoms with Gasteiger partial charge in [-0.1, -0.05) is 12.1 Å². The molecule has 3 fully saturated rings. The minimum absolute atomic E-state index is 0.218. The van der Waals surface area contributed by atoms with Crippen molar-refractivity contribution >= 4 is 16.7 Å². The summed E-state index contributed by atoms with van der Waals surface area (Å²) in [4.78, 5) is 11.1. The van der Waals surface area contributed by atoms with E-state index in [1.54, 1.807) is 20.2 Å². The number of aromatic nitrogens is 4. The summed E-state index contributed by atoms with van der Waals surface area (Å²) < 4.78 is 7.58. The van der Waals surface area contributed by atoms with Crippen molar-refractivity contribution in [1.82, 2.24) is 19.7 Å². The second-order valence-corrected chi connectivity index (χ2v) is 10.00. The van der Waals surface area contributed by atoms with Crippen LogP contribution in [0.15, 0.2) is 36.8 Å². The first-order valence-electron chi connectivity index (χ1n) is 11.2. The Balaban J connectivity index is 1.35. The molecule has 164 valence electrons. The fourth-order valence-corrected chi connectivity index (χ4v) is 5.23. The van der Waals surface area contributed by atoms with Crippen molar-refractivity contribution in [3.8, 4) is 11.9 Å². The van der Waals surface area contributed by atoms with E-state index in [4.69, 9.17) is 4.74 Å². The predicted octanol–water partition coefficient (Wildman–Crippen LogP) is 2.74. The average Bonchev–Trinajstić information content (AvgIpc) is 3.68. The summed E-state index contributed by atoms with van der Waals surface area (Å²) in [6.07, 6.45) is 6.36. The molecule has 3 aromatic rings. The number of benzene rings is 1. The van der Waals surface area contributed by atoms with Gasteiger partial charge >= 0.3 is 0 Å². The molecule has 0 bridgehead atoms. The van der Waals surface area contributed by atoms with Gasteiger partial charge in [0.2, 0.25) is 0 Å². The van der Waals surface area contributed by atoms with Crippen molar-refractivity contribution in [2.24, 2.45) is 5.41 Å². The number of rotatable bonds is 4. The third-order valence-electron chi connectivity index (χ3n) is 7.53. The van der Waals surface area contributed by atoms with Crippen LogP contribution in [-0.2, 0) is 10.2 Å². The third-order valence-corrected chi connectivity index (χ3v) is 7.53. The molecule has 1 spiro atoms. The van der Waals surface area contributed by atoms with Crippen molar-refractivity contribution < 1.29 is 9.84 Å². The monoisotopic (exact) mass is 430 g/mol. The van der Waals surface area contributed by atoms with E-state index in [0.29, 0.717) is 25.5 Å². The Morgan fingerprint density at radius 2 is 2.03 bits per heavy atom. The smallest absolute Gasteiger partial charge is 0.159 e. The number of aliphatic hydroxyl groups is 1. The van der Waals surface area contributed by atoms with E-state index in [1.807, 2.05) is 16.9 Å². The van der Waals surface area contributed by atoms with Crippen LogP contribution in [0, 0.1) is 16.7 Å². The van der Waals surface area contributed by atoms with Crippen molar-refractivity contribution in [2.75, 3.05) is 24.6 Å². The van der Waals surface area contributed by atoms with Crippen molar-refractivity contribution in [1.29, 1.82) is 5.26 Å². The molecule has 3 heterocycles. The summed E-state index contributed by atoms with van der Waals surface area (Å²) >= 11 is 0. The summed E-state index contributed by atoms with van der Waals surface area (Å²) in [6.45, 7) is 5.30. The Kier molecular flexibility index (Phi) is 3.99. The van der Waals surface area contributed by atoms with Crippen LogP contribution in [-0.4, -0.2) is 56.3 Å². The number of hydrogen-bond acceptors (Lipinski definition) is 7. The fraction of sp³-hybridized carbons (Fsp3) is 0.500. The Bertz CT molecular complexity index is 1250. The molecule has 8 heteroatoms. The fourth-order valence-electron chi connectivity index (χ4n) is 5.23. The van der Waals surface area contributed by atoms with Gasteiger partial charge in [-0.15, -0.1) is 0 Å². The van der Waals surface area contributed by atoms with Crippen LogP contribution >= 0.6 is 0 Å². The largest absolute Gasteiger partial charge is 0.388 e. The number of ether oxygens (including phenoxy) is 1. The van der Waals surface area contributed by atoms with Crippen LogP contribution in [0.1, 0.15) is 38.7 Å². The molecule has 0 amide bonds. The van der Waals surface area contributed by atoms with E-state index < -0.39 is 5.60 Å². The number of fused-ring (bicyclic) bond motifs is 1. The maximum absolute atomic E-state index is 10.4. The Morgan fingerprint density at radius 1 is 1.22 bits per heavy atom. The second kappa shape index (κ2) is 6.50. The first-order valence-corrected chi connectivity index (χ1v) is 11.2. The van der Waals surface area contributed by atoms with E-state index in [-0.39, 0.29) is 16.9 Å². The molecule has 8 nitrogen and oxygen atoms in total. The van der Waals surface area contributed by atoms with E-state index in [2.05, 4.69) is 44.2 Å². The highest BCUT2D eigenvalue weighted by Gasteiger charge is 2.75. The topological polar surface area (TPSA) is 100 Å². The molecular weight excluding hydrogens is 404 g/mol. The zero-order valence-corrected chi connectivity index (χ0v) is 18.3. The molecule has 32 heavy (non-hydrogen) atoms. The van der Waals surface area contributed by atoms with Crippen LogP contribution in [0.5, 0.6) is 0 Å². The van der Waals surface area contributed by atoms with E-state index in [9.17, 15) is 10.4 Å². The minimum atomic E-state index is -0.929. The maximum atomic E-state index is 10.4. The average molecular weight is 431 g/mol. The Labute approximate surface area is 186 Å². The van der Waals surface area contributed by atoms with E-state index >= 15 is 0 Å². The van der Waals surface area contributed by atoms with Crippen LogP contribution in [0.3, 0.4) is 0 Å². The van der Waals surface area contributed by atoms with Gasteiger partial charge in [0.1, 0.15) is 18.2 Å². The van der Waals surface area contributed by atoms with Gasteiger partial charge in [0.05, 0.1) is 35.4 Å². The van der Waals surface area contributed by atoms with Crippen molar-refractivity contribution in [2.45, 2.75) is 50.2 Å². The maximum Gasteiger partial charge on any atom is 0.159 e. The molecule has 1 N–H and O–H groups in total. The number of hydrogen-bond donors (Lipinski definition) is 1. The Hall–Kier alpha value is -3.02. The first-order chi connectivity index (χ1) is 15.4. The molecule has 2 atom stereocenters. The number of nitrogens with zero attached hydrogens (tertiary/aromatic N) is 6. The summed E-state index contributed by atoms with van der Waals surface area (Å²) in [5, 5.41) is 25.9. The van der Waals surface area contributed by atoms with Gasteiger partial charge in [-0.05, 0) is 50.2 Å². The summed E-state index contributed by atoms with van der Waals surface area (Å²) in [5.41, 5.74) is 0.979. The lowest BCUT2D eigenvalue weighted by atomic mass is 9.93. The lowest BCUT2D eigenvalue weighted by molar-refractivity contribution is -0.0929. The van der Waals surface area contributed by atoms with Gasteiger partial charge in [-0.3, -0.25) is 0 Å². The normalized spacial score (nSPS) is 26.3. The first kappa shape index (κ1) is 19.6. The van der Waals surface area contributed by atoms with Crippen molar-refractivity contribution in [3.05, 3.63) is 42.4 Å². The van der Waals surface area contributed by atoms with Gasteiger partial charge in [0.25, 0.3) is 0 Å². The summed E-state index contributed by atoms with van der Waals surface area (Å²) in [6, 6.07) is 10.8. The van der Waals surface area contributed by atoms with Gasteiger partial charge in [-0.25, -0.2) is 14.6 Å². The number of anilines is 1. The lowest BCUT2D eigenvalue weighted by Gasteiger charge is -2.39. The molecule has 1 saturated heterocycles. The standard InChI is InChI=1S/C24H26N6O2/c1-22(2,31)19-12-29(7-8-32-19)20-10-21(27-15-26-20)30-18-9-17(4-3-16(18)11-28-30)24(14-25)13-23(24)5-6-23/h3-4,9-11,15,19,31H,5-8,12-13H2,1-2H3/t19?,24-/m1/s1. The highest BCUT2D eigenvalue weighted by Crippen LogP contribution is 2.78. The Morgan fingerprint density at radius 3 is 2.75 bits per heavy atom. The molecule has 1 aliphatic heterocycles. The summed E-state index contributed by atoms with van der Waals surface area (Å²) in [5.74, 6) is 1.45. The number of morpholine rings is 1. The van der Waals surface area contributed by atoms with Gasteiger partial charge in [-0.2, -0.15) is 10.4 Å². The predicted molar refractivity (Wildman–Crippen MR) is 118 cm³/mol. The van der Waals surface area contributed by atoms with Crippen LogP contribution in [0.2, 0.25) is 0 Å². The van der Waals surface area contributed by atoms with Crippen LogP contribution in [0.25, 0.3) is 16.7 Å². The molecule has 2 saturated carbocycles. The molecule has 3 aliphatic rings. The molecule has 2 aromatic heterocycles. The zero-order valence-electron chi connectivity index (χ0n) is 18.3. The minimum Gasteiger partial charge on any atom is -0.388 e.